The molecule has 4 aromatic carbocycles. The molecule has 4 aromatic rings. The van der Waals surface area contributed by atoms with Crippen LogP contribution in [-0.2, 0) is 37.0 Å². The first-order valence-corrected chi connectivity index (χ1v) is 22.1. The van der Waals surface area contributed by atoms with Gasteiger partial charge in [0, 0.05) is 49.5 Å². The third-order valence-electron chi connectivity index (χ3n) is 12.3. The number of likely N-dealkylation sites (tertiary alicyclic amines) is 1. The number of nitrogens with two attached hydrogens (primary N) is 1. The fraction of sp³-hybridized carbons (Fsp3) is 0.460. The lowest BCUT2D eigenvalue weighted by atomic mass is 9.75. The van der Waals surface area contributed by atoms with Crippen LogP contribution < -0.4 is 21.7 Å². The summed E-state index contributed by atoms with van der Waals surface area (Å²) < 4.78 is 13.7. The van der Waals surface area contributed by atoms with E-state index in [2.05, 4.69) is 45.1 Å². The van der Waals surface area contributed by atoms with Crippen molar-refractivity contribution in [3.05, 3.63) is 119 Å². The van der Waals surface area contributed by atoms with Crippen molar-refractivity contribution in [2.75, 3.05) is 17.6 Å². The number of nitrogens with one attached hydrogen (secondary N) is 3. The number of aliphatic hydroxyl groups excluding tert-OH is 1. The molecule has 11 heteroatoms. The first kappa shape index (κ1) is 44.0. The molecule has 3 fully saturated rings. The van der Waals surface area contributed by atoms with E-state index >= 15 is 0 Å². The molecule has 2 saturated heterocycles. The lowest BCUT2D eigenvalue weighted by Gasteiger charge is -2.50. The highest BCUT2D eigenvalue weighted by molar-refractivity contribution is 5.94. The van der Waals surface area contributed by atoms with Gasteiger partial charge in [-0.2, -0.15) is 0 Å². The summed E-state index contributed by atoms with van der Waals surface area (Å²) in [5.74, 6) is 0.387. The Labute approximate surface area is 360 Å². The molecule has 1 saturated carbocycles. The first-order chi connectivity index (χ1) is 29.4. The van der Waals surface area contributed by atoms with Crippen LogP contribution in [0.15, 0.2) is 97.1 Å². The Morgan fingerprint density at radius 3 is 2.30 bits per heavy atom. The first-order valence-electron chi connectivity index (χ1n) is 22.1. The van der Waals surface area contributed by atoms with E-state index < -0.39 is 6.29 Å². The van der Waals surface area contributed by atoms with Crippen LogP contribution in [0.5, 0.6) is 0 Å². The highest BCUT2D eigenvalue weighted by atomic mass is 16.7. The molecule has 6 N–H and O–H groups in total. The number of ether oxygens (including phenoxy) is 2. The van der Waals surface area contributed by atoms with Crippen LogP contribution >= 0.6 is 0 Å². The van der Waals surface area contributed by atoms with Crippen molar-refractivity contribution in [3.8, 4) is 11.1 Å². The van der Waals surface area contributed by atoms with Crippen molar-refractivity contribution < 1.29 is 29.0 Å². The maximum Gasteiger partial charge on any atom is 0.237 e. The number of rotatable bonds is 14. The van der Waals surface area contributed by atoms with Crippen molar-refractivity contribution in [2.24, 2.45) is 5.92 Å². The number of aliphatic hydroxyl groups is 1. The van der Waals surface area contributed by atoms with Gasteiger partial charge in [-0.15, -0.1) is 0 Å². The van der Waals surface area contributed by atoms with Gasteiger partial charge in [-0.3, -0.25) is 19.3 Å². The summed E-state index contributed by atoms with van der Waals surface area (Å²) in [6, 6.07) is 31.5. The molecule has 0 radical (unpaired) electrons. The zero-order valence-corrected chi connectivity index (χ0v) is 35.9. The predicted octanol–water partition coefficient (Wildman–Crippen LogP) is 8.34. The molecule has 6 atom stereocenters. The van der Waals surface area contributed by atoms with Gasteiger partial charge in [0.25, 0.3) is 0 Å². The van der Waals surface area contributed by atoms with Crippen molar-refractivity contribution in [1.29, 1.82) is 0 Å². The molecular weight excluding hydrogens is 767 g/mol. The Hall–Kier alpha value is -5.07. The van der Waals surface area contributed by atoms with Crippen molar-refractivity contribution in [2.45, 2.75) is 134 Å². The smallest absolute Gasteiger partial charge is 0.237 e. The number of piperidine rings is 1. The summed E-state index contributed by atoms with van der Waals surface area (Å²) in [7, 11) is 0. The Balaban J connectivity index is 1.04. The number of nitrogen functional groups attached to an aromatic ring is 1. The van der Waals surface area contributed by atoms with Gasteiger partial charge in [-0.05, 0) is 111 Å². The maximum atomic E-state index is 13.9. The summed E-state index contributed by atoms with van der Waals surface area (Å²) in [6.45, 7) is 7.10. The molecule has 7 rings (SSSR count). The van der Waals surface area contributed by atoms with Crippen LogP contribution in [0.4, 0.5) is 11.4 Å². The highest BCUT2D eigenvalue weighted by Gasteiger charge is 2.44. The number of hydrogen-bond donors (Lipinski definition) is 5. The molecule has 0 bridgehead atoms. The minimum Gasteiger partial charge on any atom is -0.397 e. The summed E-state index contributed by atoms with van der Waals surface area (Å²) in [4.78, 5) is 41.5. The van der Waals surface area contributed by atoms with E-state index in [1.165, 1.54) is 19.3 Å². The molecule has 324 valence electrons. The Bertz CT molecular complexity index is 2120. The number of anilines is 2. The average molecular weight is 830 g/mol. The SMILES string of the molecule is CC(C)(C)NC(=O)[C@H]1CC[C@H]2CCCC[C@H]2N1C[C@@H]1C[C@H](c2ccc(CO)cc2)O[C@H](c2cccc(-c3cccc(CNC(=O)CCCC(=O)Nc4ccccc4N)c3)c2)O1. The van der Waals surface area contributed by atoms with E-state index in [9.17, 15) is 19.5 Å². The Morgan fingerprint density at radius 1 is 0.787 bits per heavy atom. The number of nitrogens with zero attached hydrogens (tertiary/aromatic N) is 1. The van der Waals surface area contributed by atoms with Crippen molar-refractivity contribution in [3.63, 3.8) is 0 Å². The molecule has 2 heterocycles. The van der Waals surface area contributed by atoms with Gasteiger partial charge in [-0.25, -0.2) is 0 Å². The lowest BCUT2D eigenvalue weighted by molar-refractivity contribution is -0.255. The molecule has 0 spiro atoms. The van der Waals surface area contributed by atoms with E-state index in [4.69, 9.17) is 15.2 Å². The fourth-order valence-corrected chi connectivity index (χ4v) is 9.24. The van der Waals surface area contributed by atoms with Crippen LogP contribution in [0.25, 0.3) is 11.1 Å². The van der Waals surface area contributed by atoms with E-state index in [-0.39, 0.29) is 61.0 Å². The monoisotopic (exact) mass is 829 g/mol. The third-order valence-corrected chi connectivity index (χ3v) is 12.3. The number of hydrogen-bond acceptors (Lipinski definition) is 8. The van der Waals surface area contributed by atoms with Crippen molar-refractivity contribution >= 4 is 29.1 Å². The summed E-state index contributed by atoms with van der Waals surface area (Å²) >= 11 is 0. The van der Waals surface area contributed by atoms with Gasteiger partial charge in [0.15, 0.2) is 6.29 Å². The van der Waals surface area contributed by atoms with Gasteiger partial charge in [-0.1, -0.05) is 85.6 Å². The molecule has 0 aromatic heterocycles. The molecule has 3 aliphatic rings. The number of para-hydroxylation sites is 2. The average Bonchev–Trinajstić information content (AvgIpc) is 3.26. The molecule has 1 aliphatic carbocycles. The maximum absolute atomic E-state index is 13.9. The fourth-order valence-electron chi connectivity index (χ4n) is 9.24. The molecular formula is C50H63N5O6. The lowest BCUT2D eigenvalue weighted by Crippen LogP contribution is -2.61. The number of amides is 3. The Kier molecular flexibility index (Phi) is 14.6. The highest BCUT2D eigenvalue weighted by Crippen LogP contribution is 2.42. The van der Waals surface area contributed by atoms with E-state index in [0.29, 0.717) is 49.3 Å². The standard InChI is InChI=1S/C50H63N5O6/c1-50(2,3)54-48(59)44-26-25-35-12-4-7-18-43(35)55(44)31-40-29-45(36-23-21-33(32-56)22-24-36)61-49(60-40)39-15-9-14-38(28-39)37-13-8-11-34(27-37)30-52-46(57)19-10-20-47(58)53-42-17-6-5-16-41(42)51/h5-6,8-9,11,13-17,21-24,27-28,35,40,43-45,49,56H,4,7,10,12,18-20,25-26,29-32,51H2,1-3H3,(H,52,57)(H,53,58)(H,54,59)/t35-,40+,43-,44-,45-,49-/m1/s1. The van der Waals surface area contributed by atoms with Crippen LogP contribution in [0, 0.1) is 5.92 Å². The van der Waals surface area contributed by atoms with Gasteiger partial charge in [0.05, 0.1) is 36.2 Å². The third kappa shape index (κ3) is 11.9. The van der Waals surface area contributed by atoms with E-state index in [1.54, 1.807) is 12.1 Å². The van der Waals surface area contributed by atoms with Gasteiger partial charge >= 0.3 is 0 Å². The van der Waals surface area contributed by atoms with Crippen LogP contribution in [-0.4, -0.2) is 58.0 Å². The predicted molar refractivity (Wildman–Crippen MR) is 239 cm³/mol. The zero-order valence-electron chi connectivity index (χ0n) is 35.9. The second-order valence-corrected chi connectivity index (χ2v) is 18.1. The topological polar surface area (TPSA) is 155 Å². The minimum atomic E-state index is -0.649. The zero-order chi connectivity index (χ0) is 42.9. The normalized spacial score (nSPS) is 23.1. The molecule has 0 unspecified atom stereocenters. The molecule has 2 aliphatic heterocycles. The number of carbonyl (C=O) groups excluding carboxylic acids is 3. The largest absolute Gasteiger partial charge is 0.397 e. The molecule has 61 heavy (non-hydrogen) atoms. The second-order valence-electron chi connectivity index (χ2n) is 18.1. The van der Waals surface area contributed by atoms with Gasteiger partial charge in [0.1, 0.15) is 0 Å². The van der Waals surface area contributed by atoms with Crippen LogP contribution in [0.3, 0.4) is 0 Å². The van der Waals surface area contributed by atoms with E-state index in [0.717, 1.165) is 52.6 Å². The second kappa shape index (κ2) is 20.2. The quantitative estimate of drug-likeness (QED) is 0.0795. The van der Waals surface area contributed by atoms with Crippen LogP contribution in [0.2, 0.25) is 0 Å². The van der Waals surface area contributed by atoms with Crippen molar-refractivity contribution in [1.82, 2.24) is 15.5 Å². The number of carbonyl (C=O) groups is 3. The van der Waals surface area contributed by atoms with E-state index in [1.807, 2.05) is 81.4 Å². The molecule has 3 amide bonds. The molecule has 11 nitrogen and oxygen atoms in total. The Morgan fingerprint density at radius 2 is 1.52 bits per heavy atom. The minimum absolute atomic E-state index is 0.0255. The summed E-state index contributed by atoms with van der Waals surface area (Å²) in [5, 5.41) is 18.8. The summed E-state index contributed by atoms with van der Waals surface area (Å²) in [5.41, 5.74) is 12.4. The van der Waals surface area contributed by atoms with Gasteiger partial charge < -0.3 is 36.3 Å². The number of fused-ring (bicyclic) bond motifs is 1. The summed E-state index contributed by atoms with van der Waals surface area (Å²) in [6.07, 6.45) is 7.06. The number of benzene rings is 4. The van der Waals surface area contributed by atoms with Crippen LogP contribution in [0.1, 0.15) is 120 Å². The van der Waals surface area contributed by atoms with Gasteiger partial charge in [0.2, 0.25) is 17.7 Å².